The van der Waals surface area contributed by atoms with Crippen molar-refractivity contribution in [2.75, 3.05) is 12.4 Å². The van der Waals surface area contributed by atoms with Crippen molar-refractivity contribution in [2.45, 2.75) is 4.90 Å². The van der Waals surface area contributed by atoms with E-state index >= 15 is 0 Å². The first kappa shape index (κ1) is 15.7. The van der Waals surface area contributed by atoms with Gasteiger partial charge < -0.3 is 10.3 Å². The van der Waals surface area contributed by atoms with Crippen LogP contribution in [-0.4, -0.2) is 22.0 Å². The van der Waals surface area contributed by atoms with Gasteiger partial charge >= 0.3 is 0 Å². The van der Waals surface area contributed by atoms with Gasteiger partial charge in [-0.25, -0.2) is 9.97 Å². The Bertz CT molecular complexity index is 997. The predicted octanol–water partition coefficient (Wildman–Crippen LogP) is 4.60. The Balaban J connectivity index is 1.77. The minimum Gasteiger partial charge on any atom is -0.345 e. The van der Waals surface area contributed by atoms with E-state index < -0.39 is 0 Å². The Morgan fingerprint density at radius 1 is 1.00 bits per heavy atom. The van der Waals surface area contributed by atoms with Gasteiger partial charge in [0.25, 0.3) is 0 Å². The third-order valence-corrected chi connectivity index (χ3v) is 4.57. The summed E-state index contributed by atoms with van der Waals surface area (Å²) in [5, 5.41) is 4.42. The van der Waals surface area contributed by atoms with Gasteiger partial charge in [-0.3, -0.25) is 4.72 Å². The molecule has 0 bridgehead atoms. The summed E-state index contributed by atoms with van der Waals surface area (Å²) in [5.74, 6) is 0.789. The number of aromatic amines is 1. The molecular formula is C19H17N5S. The monoisotopic (exact) mass is 347 g/mol. The predicted molar refractivity (Wildman–Crippen MR) is 104 cm³/mol. The minimum absolute atomic E-state index is 0.789. The number of benzene rings is 2. The van der Waals surface area contributed by atoms with E-state index in [2.05, 4.69) is 49.3 Å². The number of anilines is 2. The van der Waals surface area contributed by atoms with Crippen LogP contribution in [0.1, 0.15) is 0 Å². The summed E-state index contributed by atoms with van der Waals surface area (Å²) < 4.78 is 3.09. The Morgan fingerprint density at radius 2 is 1.88 bits per heavy atom. The van der Waals surface area contributed by atoms with Gasteiger partial charge in [-0.1, -0.05) is 36.4 Å². The standard InChI is InChI=1S/C19H17N5S/c1-20-25-15-9-5-8-14(10-15)24-19-17-16(13-6-3-2-4-7-13)11-21-18(17)22-12-23-19/h2-12,20H,1H3,(H2,21,22,23,24). The zero-order chi connectivity index (χ0) is 17.1. The van der Waals surface area contributed by atoms with Crippen molar-refractivity contribution in [3.8, 4) is 11.1 Å². The van der Waals surface area contributed by atoms with E-state index in [1.54, 1.807) is 18.3 Å². The first-order valence-corrected chi connectivity index (χ1v) is 8.75. The summed E-state index contributed by atoms with van der Waals surface area (Å²) in [5.41, 5.74) is 4.02. The quantitative estimate of drug-likeness (QED) is 0.461. The molecule has 0 atom stereocenters. The second-order valence-electron chi connectivity index (χ2n) is 5.47. The van der Waals surface area contributed by atoms with Crippen LogP contribution in [0.4, 0.5) is 11.5 Å². The number of nitrogens with zero attached hydrogens (tertiary/aromatic N) is 2. The second kappa shape index (κ2) is 6.96. The Kier molecular flexibility index (Phi) is 4.37. The van der Waals surface area contributed by atoms with Crippen molar-refractivity contribution in [3.63, 3.8) is 0 Å². The van der Waals surface area contributed by atoms with E-state index in [9.17, 15) is 0 Å². The van der Waals surface area contributed by atoms with E-state index in [0.29, 0.717) is 0 Å². The molecule has 0 aliphatic heterocycles. The fourth-order valence-corrected chi connectivity index (χ4v) is 3.36. The first-order chi connectivity index (χ1) is 12.3. The van der Waals surface area contributed by atoms with Gasteiger partial charge in [0.1, 0.15) is 17.8 Å². The largest absolute Gasteiger partial charge is 0.345 e. The average Bonchev–Trinajstić information content (AvgIpc) is 3.08. The van der Waals surface area contributed by atoms with Crippen molar-refractivity contribution < 1.29 is 0 Å². The number of rotatable bonds is 5. The highest BCUT2D eigenvalue weighted by Crippen LogP contribution is 2.33. The summed E-state index contributed by atoms with van der Waals surface area (Å²) in [7, 11) is 1.91. The van der Waals surface area contributed by atoms with Crippen LogP contribution in [-0.2, 0) is 0 Å². The van der Waals surface area contributed by atoms with Crippen LogP contribution in [0, 0.1) is 0 Å². The molecule has 0 amide bonds. The van der Waals surface area contributed by atoms with Gasteiger partial charge in [-0.2, -0.15) is 0 Å². The lowest BCUT2D eigenvalue weighted by Gasteiger charge is -2.09. The number of hydrogen-bond acceptors (Lipinski definition) is 5. The van der Waals surface area contributed by atoms with Crippen LogP contribution in [0.5, 0.6) is 0 Å². The fourth-order valence-electron chi connectivity index (χ4n) is 2.79. The Labute approximate surface area is 150 Å². The second-order valence-corrected chi connectivity index (χ2v) is 6.56. The molecule has 4 aromatic rings. The maximum Gasteiger partial charge on any atom is 0.143 e. The van der Waals surface area contributed by atoms with E-state index in [1.807, 2.05) is 43.6 Å². The van der Waals surface area contributed by atoms with Crippen molar-refractivity contribution in [1.82, 2.24) is 19.7 Å². The van der Waals surface area contributed by atoms with Crippen LogP contribution >= 0.6 is 11.9 Å². The molecule has 4 rings (SSSR count). The Hall–Kier alpha value is -2.83. The lowest BCUT2D eigenvalue weighted by molar-refractivity contribution is 1.20. The molecular weight excluding hydrogens is 330 g/mol. The molecule has 0 fully saturated rings. The molecule has 124 valence electrons. The first-order valence-electron chi connectivity index (χ1n) is 7.93. The summed E-state index contributed by atoms with van der Waals surface area (Å²) in [6.45, 7) is 0. The third-order valence-electron chi connectivity index (χ3n) is 3.87. The molecule has 0 radical (unpaired) electrons. The summed E-state index contributed by atoms with van der Waals surface area (Å²) in [6, 6.07) is 18.5. The molecule has 0 saturated heterocycles. The van der Waals surface area contributed by atoms with Crippen molar-refractivity contribution in [1.29, 1.82) is 0 Å². The van der Waals surface area contributed by atoms with Crippen LogP contribution in [0.15, 0.2) is 72.0 Å². The van der Waals surface area contributed by atoms with Gasteiger partial charge in [0.2, 0.25) is 0 Å². The number of hydrogen-bond donors (Lipinski definition) is 3. The molecule has 0 unspecified atom stereocenters. The van der Waals surface area contributed by atoms with Crippen molar-refractivity contribution in [3.05, 3.63) is 67.1 Å². The molecule has 2 aromatic carbocycles. The zero-order valence-electron chi connectivity index (χ0n) is 13.7. The molecule has 3 N–H and O–H groups in total. The highest BCUT2D eigenvalue weighted by atomic mass is 32.2. The van der Waals surface area contributed by atoms with Crippen LogP contribution in [0.3, 0.4) is 0 Å². The van der Waals surface area contributed by atoms with E-state index in [-0.39, 0.29) is 0 Å². The third kappa shape index (κ3) is 3.22. The maximum atomic E-state index is 4.47. The molecule has 0 saturated carbocycles. The highest BCUT2D eigenvalue weighted by Gasteiger charge is 2.12. The lowest BCUT2D eigenvalue weighted by Crippen LogP contribution is -1.97. The summed E-state index contributed by atoms with van der Waals surface area (Å²) in [4.78, 5) is 13.2. The number of H-pyrrole nitrogens is 1. The van der Waals surface area contributed by atoms with Gasteiger partial charge in [0, 0.05) is 22.3 Å². The van der Waals surface area contributed by atoms with E-state index in [0.717, 1.165) is 38.6 Å². The molecule has 0 aliphatic rings. The number of nitrogens with one attached hydrogen (secondary N) is 3. The number of fused-ring (bicyclic) bond motifs is 1. The SMILES string of the molecule is CNSc1cccc(Nc2ncnc3[nH]cc(-c4ccccc4)c23)c1. The topological polar surface area (TPSA) is 65.6 Å². The highest BCUT2D eigenvalue weighted by molar-refractivity contribution is 7.97. The maximum absolute atomic E-state index is 4.47. The van der Waals surface area contributed by atoms with E-state index in [4.69, 9.17) is 0 Å². The normalized spacial score (nSPS) is 10.9. The molecule has 2 heterocycles. The van der Waals surface area contributed by atoms with Gasteiger partial charge in [0.15, 0.2) is 0 Å². The van der Waals surface area contributed by atoms with Gasteiger partial charge in [-0.05, 0) is 42.8 Å². The summed E-state index contributed by atoms with van der Waals surface area (Å²) >= 11 is 1.58. The Morgan fingerprint density at radius 3 is 2.72 bits per heavy atom. The van der Waals surface area contributed by atoms with Crippen molar-refractivity contribution in [2.24, 2.45) is 0 Å². The molecule has 0 spiro atoms. The number of aromatic nitrogens is 3. The smallest absolute Gasteiger partial charge is 0.143 e. The lowest BCUT2D eigenvalue weighted by atomic mass is 10.1. The molecule has 25 heavy (non-hydrogen) atoms. The average molecular weight is 347 g/mol. The zero-order valence-corrected chi connectivity index (χ0v) is 14.5. The van der Waals surface area contributed by atoms with Crippen LogP contribution in [0.2, 0.25) is 0 Å². The summed E-state index contributed by atoms with van der Waals surface area (Å²) in [6.07, 6.45) is 3.55. The van der Waals surface area contributed by atoms with Gasteiger partial charge in [-0.15, -0.1) is 0 Å². The molecule has 2 aromatic heterocycles. The molecule has 6 heteroatoms. The van der Waals surface area contributed by atoms with Crippen LogP contribution < -0.4 is 10.0 Å². The van der Waals surface area contributed by atoms with E-state index in [1.165, 1.54) is 0 Å². The molecule has 0 aliphatic carbocycles. The van der Waals surface area contributed by atoms with Crippen LogP contribution in [0.25, 0.3) is 22.2 Å². The van der Waals surface area contributed by atoms with Gasteiger partial charge in [0.05, 0.1) is 5.39 Å². The fraction of sp³-hybridized carbons (Fsp3) is 0.0526. The minimum atomic E-state index is 0.789. The van der Waals surface area contributed by atoms with Crippen molar-refractivity contribution >= 4 is 34.5 Å². The molecule has 5 nitrogen and oxygen atoms in total.